The summed E-state index contributed by atoms with van der Waals surface area (Å²) < 4.78 is 66.7. The molecule has 0 aliphatic rings. The predicted molar refractivity (Wildman–Crippen MR) is 84.3 cm³/mol. The van der Waals surface area contributed by atoms with Gasteiger partial charge in [0.25, 0.3) is 0 Å². The van der Waals surface area contributed by atoms with Gasteiger partial charge in [0.15, 0.2) is 4.90 Å². The topological polar surface area (TPSA) is 63.4 Å². The zero-order chi connectivity index (χ0) is 17.7. The molecule has 0 aromatic heterocycles. The van der Waals surface area contributed by atoms with Crippen molar-refractivity contribution in [3.05, 3.63) is 65.5 Å². The van der Waals surface area contributed by atoms with Gasteiger partial charge in [-0.05, 0) is 12.0 Å². The fourth-order valence-corrected chi connectivity index (χ4v) is 3.85. The number of halogens is 3. The van der Waals surface area contributed by atoms with Gasteiger partial charge in [-0.1, -0.05) is 30.3 Å². The standard InChI is InChI=1S/C16H17F3N2O2S/c17-13-10-14(18)16(15(19)11-13)24(22,23)21(9-7-20)8-6-12-4-2-1-3-5-12/h1-5,10-11H,6-9,20H2. The van der Waals surface area contributed by atoms with Crippen LogP contribution in [-0.2, 0) is 16.4 Å². The van der Waals surface area contributed by atoms with Gasteiger partial charge < -0.3 is 5.73 Å². The van der Waals surface area contributed by atoms with Crippen LogP contribution >= 0.6 is 0 Å². The first-order valence-electron chi connectivity index (χ1n) is 7.25. The fourth-order valence-electron chi connectivity index (χ4n) is 2.30. The molecule has 0 bridgehead atoms. The lowest BCUT2D eigenvalue weighted by atomic mass is 10.1. The molecule has 2 rings (SSSR count). The second-order valence-electron chi connectivity index (χ2n) is 5.13. The van der Waals surface area contributed by atoms with Gasteiger partial charge in [-0.2, -0.15) is 4.31 Å². The quantitative estimate of drug-likeness (QED) is 0.826. The molecule has 0 radical (unpaired) electrons. The molecular weight excluding hydrogens is 341 g/mol. The smallest absolute Gasteiger partial charge is 0.248 e. The van der Waals surface area contributed by atoms with Crippen molar-refractivity contribution < 1.29 is 21.6 Å². The summed E-state index contributed by atoms with van der Waals surface area (Å²) in [4.78, 5) is -1.16. The highest BCUT2D eigenvalue weighted by Crippen LogP contribution is 2.24. The average molecular weight is 358 g/mol. The maximum Gasteiger partial charge on any atom is 0.248 e. The zero-order valence-corrected chi connectivity index (χ0v) is 13.6. The summed E-state index contributed by atoms with van der Waals surface area (Å²) in [6.45, 7) is -0.121. The Labute approximate surface area is 138 Å². The van der Waals surface area contributed by atoms with E-state index in [1.165, 1.54) is 0 Å². The number of hydrogen-bond donors (Lipinski definition) is 1. The highest BCUT2D eigenvalue weighted by molar-refractivity contribution is 7.89. The van der Waals surface area contributed by atoms with Crippen LogP contribution in [0.15, 0.2) is 47.4 Å². The first-order valence-corrected chi connectivity index (χ1v) is 8.69. The van der Waals surface area contributed by atoms with Gasteiger partial charge in [-0.25, -0.2) is 21.6 Å². The van der Waals surface area contributed by atoms with Gasteiger partial charge in [0, 0.05) is 31.8 Å². The highest BCUT2D eigenvalue weighted by Gasteiger charge is 2.31. The Morgan fingerprint density at radius 2 is 1.54 bits per heavy atom. The van der Waals surface area contributed by atoms with E-state index in [2.05, 4.69) is 0 Å². The van der Waals surface area contributed by atoms with E-state index in [4.69, 9.17) is 5.73 Å². The van der Waals surface area contributed by atoms with Crippen LogP contribution in [0.2, 0.25) is 0 Å². The summed E-state index contributed by atoms with van der Waals surface area (Å²) >= 11 is 0. The van der Waals surface area contributed by atoms with Gasteiger partial charge >= 0.3 is 0 Å². The molecule has 2 N–H and O–H groups in total. The van der Waals surface area contributed by atoms with Crippen molar-refractivity contribution in [2.75, 3.05) is 19.6 Å². The minimum absolute atomic E-state index is 0.000195. The SMILES string of the molecule is NCCN(CCc1ccccc1)S(=O)(=O)c1c(F)cc(F)cc1F. The monoisotopic (exact) mass is 358 g/mol. The van der Waals surface area contributed by atoms with E-state index < -0.39 is 32.4 Å². The Morgan fingerprint density at radius 3 is 2.08 bits per heavy atom. The molecule has 0 heterocycles. The van der Waals surface area contributed by atoms with E-state index in [1.807, 2.05) is 18.2 Å². The van der Waals surface area contributed by atoms with Gasteiger partial charge in [0.1, 0.15) is 17.5 Å². The van der Waals surface area contributed by atoms with Crippen LogP contribution in [0.5, 0.6) is 0 Å². The molecule has 0 unspecified atom stereocenters. The Balaban J connectivity index is 2.32. The third-order valence-electron chi connectivity index (χ3n) is 3.43. The van der Waals surface area contributed by atoms with Crippen molar-refractivity contribution in [3.63, 3.8) is 0 Å². The van der Waals surface area contributed by atoms with Crippen molar-refractivity contribution in [1.82, 2.24) is 4.31 Å². The third kappa shape index (κ3) is 4.14. The van der Waals surface area contributed by atoms with E-state index in [9.17, 15) is 21.6 Å². The van der Waals surface area contributed by atoms with Gasteiger partial charge in [-0.3, -0.25) is 0 Å². The van der Waals surface area contributed by atoms with Crippen molar-refractivity contribution in [3.8, 4) is 0 Å². The van der Waals surface area contributed by atoms with Crippen LogP contribution in [0.4, 0.5) is 13.2 Å². The molecule has 0 fully saturated rings. The van der Waals surface area contributed by atoms with Crippen molar-refractivity contribution >= 4 is 10.0 Å². The summed E-state index contributed by atoms with van der Waals surface area (Å²) in [5.41, 5.74) is 6.29. The molecular formula is C16H17F3N2O2S. The van der Waals surface area contributed by atoms with Crippen LogP contribution in [0.1, 0.15) is 5.56 Å². The molecule has 0 amide bonds. The Kier molecular flexibility index (Phi) is 5.98. The zero-order valence-electron chi connectivity index (χ0n) is 12.8. The minimum Gasteiger partial charge on any atom is -0.329 e. The van der Waals surface area contributed by atoms with Crippen molar-refractivity contribution in [2.45, 2.75) is 11.3 Å². The van der Waals surface area contributed by atoms with E-state index in [1.54, 1.807) is 12.1 Å². The molecule has 0 aliphatic heterocycles. The van der Waals surface area contributed by atoms with Crippen LogP contribution < -0.4 is 5.73 Å². The lowest BCUT2D eigenvalue weighted by Gasteiger charge is -2.22. The normalized spacial score (nSPS) is 11.9. The molecule has 8 heteroatoms. The molecule has 0 atom stereocenters. The fraction of sp³-hybridized carbons (Fsp3) is 0.250. The maximum atomic E-state index is 13.9. The van der Waals surface area contributed by atoms with E-state index in [0.29, 0.717) is 18.6 Å². The predicted octanol–water partition coefficient (Wildman–Crippen LogP) is 2.30. The number of sulfonamides is 1. The largest absolute Gasteiger partial charge is 0.329 e. The Morgan fingerprint density at radius 1 is 0.958 bits per heavy atom. The lowest BCUT2D eigenvalue weighted by Crippen LogP contribution is -2.37. The van der Waals surface area contributed by atoms with E-state index >= 15 is 0 Å². The highest BCUT2D eigenvalue weighted by atomic mass is 32.2. The molecule has 2 aromatic rings. The molecule has 4 nitrogen and oxygen atoms in total. The van der Waals surface area contributed by atoms with E-state index in [-0.39, 0.29) is 19.6 Å². The van der Waals surface area contributed by atoms with Gasteiger partial charge in [0.05, 0.1) is 0 Å². The summed E-state index contributed by atoms with van der Waals surface area (Å²) in [6, 6.07) is 9.73. The molecule has 130 valence electrons. The molecule has 2 aromatic carbocycles. The molecule has 0 saturated carbocycles. The van der Waals surface area contributed by atoms with Crippen LogP contribution in [0.3, 0.4) is 0 Å². The molecule has 0 aliphatic carbocycles. The first-order chi connectivity index (χ1) is 11.4. The molecule has 24 heavy (non-hydrogen) atoms. The number of rotatable bonds is 7. The second kappa shape index (κ2) is 7.78. The lowest BCUT2D eigenvalue weighted by molar-refractivity contribution is 0.409. The van der Waals surface area contributed by atoms with Crippen LogP contribution in [0, 0.1) is 17.5 Å². The maximum absolute atomic E-state index is 13.9. The first kappa shape index (κ1) is 18.4. The number of nitrogens with zero attached hydrogens (tertiary/aromatic N) is 1. The van der Waals surface area contributed by atoms with E-state index in [0.717, 1.165) is 9.87 Å². The van der Waals surface area contributed by atoms with Crippen LogP contribution in [-0.4, -0.2) is 32.4 Å². The van der Waals surface area contributed by atoms with Crippen LogP contribution in [0.25, 0.3) is 0 Å². The number of hydrogen-bond acceptors (Lipinski definition) is 3. The summed E-state index contributed by atoms with van der Waals surface area (Å²) in [5.74, 6) is -4.11. The number of nitrogens with two attached hydrogens (primary N) is 1. The molecule has 0 saturated heterocycles. The Hall–Kier alpha value is -1.90. The minimum atomic E-state index is -4.47. The second-order valence-corrected chi connectivity index (χ2v) is 7.00. The summed E-state index contributed by atoms with van der Waals surface area (Å²) in [5, 5.41) is 0. The number of benzene rings is 2. The third-order valence-corrected chi connectivity index (χ3v) is 5.38. The summed E-state index contributed by atoms with van der Waals surface area (Å²) in [6.07, 6.45) is 0.352. The van der Waals surface area contributed by atoms with Gasteiger partial charge in [-0.15, -0.1) is 0 Å². The molecule has 0 spiro atoms. The van der Waals surface area contributed by atoms with Crippen molar-refractivity contribution in [2.24, 2.45) is 5.73 Å². The van der Waals surface area contributed by atoms with Gasteiger partial charge in [0.2, 0.25) is 10.0 Å². The average Bonchev–Trinajstić information content (AvgIpc) is 2.51. The summed E-state index contributed by atoms with van der Waals surface area (Å²) in [7, 11) is -4.47. The Bertz CT molecular complexity index is 775. The van der Waals surface area contributed by atoms with Crippen molar-refractivity contribution in [1.29, 1.82) is 0 Å².